The number of hydrogen-bond acceptors (Lipinski definition) is 3. The molecule has 1 rings (SSSR count). The zero-order valence-corrected chi connectivity index (χ0v) is 7.93. The Kier molecular flexibility index (Phi) is 2.76. The van der Waals surface area contributed by atoms with Gasteiger partial charge in [-0.2, -0.15) is 0 Å². The fraction of sp³-hybridized carbons (Fsp3) is 1.00. The van der Waals surface area contributed by atoms with Gasteiger partial charge in [-0.1, -0.05) is 0 Å². The van der Waals surface area contributed by atoms with Crippen molar-refractivity contribution in [3.05, 3.63) is 0 Å². The molecule has 0 aliphatic carbocycles. The van der Waals surface area contributed by atoms with Gasteiger partial charge in [0.2, 0.25) is 0 Å². The van der Waals surface area contributed by atoms with E-state index in [1.54, 1.807) is 0 Å². The van der Waals surface area contributed by atoms with Crippen LogP contribution >= 0.6 is 0 Å². The van der Waals surface area contributed by atoms with E-state index in [2.05, 4.69) is 5.32 Å². The molecular weight excluding hydrogens is 154 g/mol. The molecule has 72 valence electrons. The predicted octanol–water partition coefficient (Wildman–Crippen LogP) is 0.262. The molecule has 2 atom stereocenters. The lowest BCUT2D eigenvalue weighted by molar-refractivity contribution is 0.0545. The third-order valence-corrected chi connectivity index (χ3v) is 2.76. The highest BCUT2D eigenvalue weighted by Crippen LogP contribution is 2.27. The summed E-state index contributed by atoms with van der Waals surface area (Å²) in [5, 5.41) is 21.6. The maximum Gasteiger partial charge on any atom is 0.0610 e. The Morgan fingerprint density at radius 2 is 1.50 bits per heavy atom. The topological polar surface area (TPSA) is 52.5 Å². The van der Waals surface area contributed by atoms with Crippen molar-refractivity contribution in [2.45, 2.75) is 44.2 Å². The highest BCUT2D eigenvalue weighted by molar-refractivity contribution is 4.97. The van der Waals surface area contributed by atoms with Gasteiger partial charge >= 0.3 is 0 Å². The van der Waals surface area contributed by atoms with E-state index < -0.39 is 0 Å². The molecule has 0 saturated carbocycles. The molecule has 0 aromatic rings. The van der Waals surface area contributed by atoms with E-state index in [-0.39, 0.29) is 24.3 Å². The van der Waals surface area contributed by atoms with E-state index in [0.717, 1.165) is 19.3 Å². The lowest BCUT2D eigenvalue weighted by atomic mass is 9.81. The van der Waals surface area contributed by atoms with Crippen LogP contribution in [0.4, 0.5) is 0 Å². The van der Waals surface area contributed by atoms with Gasteiger partial charge in [-0.3, -0.25) is 0 Å². The summed E-state index contributed by atoms with van der Waals surface area (Å²) in [6.45, 7) is 4.28. The number of nitrogens with one attached hydrogen (secondary N) is 1. The molecule has 0 aromatic carbocycles. The van der Waals surface area contributed by atoms with Crippen molar-refractivity contribution in [3.63, 3.8) is 0 Å². The lowest BCUT2D eigenvalue weighted by Crippen LogP contribution is -2.61. The van der Waals surface area contributed by atoms with Gasteiger partial charge in [0.05, 0.1) is 13.2 Å². The second-order valence-corrected chi connectivity index (χ2v) is 4.42. The van der Waals surface area contributed by atoms with Gasteiger partial charge in [-0.05, 0) is 33.1 Å². The number of aliphatic hydroxyl groups is 2. The van der Waals surface area contributed by atoms with Crippen LogP contribution in [0.2, 0.25) is 0 Å². The van der Waals surface area contributed by atoms with Crippen LogP contribution in [-0.4, -0.2) is 34.5 Å². The molecule has 0 aromatic heterocycles. The summed E-state index contributed by atoms with van der Waals surface area (Å²) in [5.41, 5.74) is -0.397. The Labute approximate surface area is 73.8 Å². The predicted molar refractivity (Wildman–Crippen MR) is 48.0 cm³/mol. The van der Waals surface area contributed by atoms with Gasteiger partial charge in [0, 0.05) is 11.1 Å². The minimum atomic E-state index is -0.199. The minimum absolute atomic E-state index is 0.141. The molecule has 1 aliphatic heterocycles. The average Bonchev–Trinajstić information content (AvgIpc) is 2.05. The van der Waals surface area contributed by atoms with Crippen molar-refractivity contribution in [2.24, 2.45) is 0 Å². The smallest absolute Gasteiger partial charge is 0.0610 e. The first-order valence-corrected chi connectivity index (χ1v) is 4.55. The second-order valence-electron chi connectivity index (χ2n) is 4.42. The molecule has 3 nitrogen and oxygen atoms in total. The third-order valence-electron chi connectivity index (χ3n) is 2.76. The van der Waals surface area contributed by atoms with Gasteiger partial charge in [-0.15, -0.1) is 0 Å². The normalized spacial score (nSPS) is 43.0. The summed E-state index contributed by atoms with van der Waals surface area (Å²) in [5.74, 6) is 0. The molecule has 1 aliphatic rings. The van der Waals surface area contributed by atoms with Crippen molar-refractivity contribution in [3.8, 4) is 0 Å². The van der Waals surface area contributed by atoms with E-state index in [1.807, 2.05) is 13.8 Å². The van der Waals surface area contributed by atoms with Gasteiger partial charge in [0.25, 0.3) is 0 Å². The molecule has 1 fully saturated rings. The molecule has 0 spiro atoms. The van der Waals surface area contributed by atoms with Crippen LogP contribution in [0.1, 0.15) is 33.1 Å². The molecule has 1 heterocycles. The Bertz CT molecular complexity index is 147. The zero-order valence-electron chi connectivity index (χ0n) is 7.93. The van der Waals surface area contributed by atoms with Gasteiger partial charge in [0.15, 0.2) is 0 Å². The first-order valence-electron chi connectivity index (χ1n) is 4.55. The van der Waals surface area contributed by atoms with Crippen LogP contribution in [-0.2, 0) is 0 Å². The quantitative estimate of drug-likeness (QED) is 0.561. The van der Waals surface area contributed by atoms with Crippen LogP contribution < -0.4 is 5.32 Å². The van der Waals surface area contributed by atoms with E-state index >= 15 is 0 Å². The zero-order chi connectivity index (χ0) is 9.24. The molecule has 12 heavy (non-hydrogen) atoms. The van der Waals surface area contributed by atoms with E-state index in [9.17, 15) is 0 Å². The Morgan fingerprint density at radius 3 is 1.83 bits per heavy atom. The second kappa shape index (κ2) is 3.32. The molecule has 0 amide bonds. The SMILES string of the molecule is CC1(CO)CCCC(C)(CO)N1. The van der Waals surface area contributed by atoms with Gasteiger partial charge in [-0.25, -0.2) is 0 Å². The summed E-state index contributed by atoms with van der Waals surface area (Å²) < 4.78 is 0. The highest BCUT2D eigenvalue weighted by atomic mass is 16.3. The molecule has 0 bridgehead atoms. The molecule has 3 heteroatoms. The number of rotatable bonds is 2. The van der Waals surface area contributed by atoms with Crippen molar-refractivity contribution >= 4 is 0 Å². The summed E-state index contributed by atoms with van der Waals surface area (Å²) in [6, 6.07) is 0. The van der Waals surface area contributed by atoms with Crippen LogP contribution in [0.15, 0.2) is 0 Å². The summed E-state index contributed by atoms with van der Waals surface area (Å²) in [6.07, 6.45) is 3.04. The van der Waals surface area contributed by atoms with Crippen molar-refractivity contribution in [1.29, 1.82) is 0 Å². The van der Waals surface area contributed by atoms with Crippen LogP contribution in [0.3, 0.4) is 0 Å². The molecule has 2 unspecified atom stereocenters. The fourth-order valence-electron chi connectivity index (χ4n) is 1.96. The van der Waals surface area contributed by atoms with Gasteiger partial charge in [0.1, 0.15) is 0 Å². The monoisotopic (exact) mass is 173 g/mol. The van der Waals surface area contributed by atoms with Crippen LogP contribution in [0.25, 0.3) is 0 Å². The number of aliphatic hydroxyl groups excluding tert-OH is 2. The number of hydrogen-bond donors (Lipinski definition) is 3. The average molecular weight is 173 g/mol. The maximum absolute atomic E-state index is 9.13. The number of piperidine rings is 1. The van der Waals surface area contributed by atoms with E-state index in [0.29, 0.717) is 0 Å². The van der Waals surface area contributed by atoms with E-state index in [1.165, 1.54) is 0 Å². The first-order chi connectivity index (χ1) is 5.54. The molecule has 3 N–H and O–H groups in total. The van der Waals surface area contributed by atoms with Crippen LogP contribution in [0.5, 0.6) is 0 Å². The highest BCUT2D eigenvalue weighted by Gasteiger charge is 2.37. The summed E-state index contributed by atoms with van der Waals surface area (Å²) in [4.78, 5) is 0. The van der Waals surface area contributed by atoms with Crippen molar-refractivity contribution < 1.29 is 10.2 Å². The Balaban J connectivity index is 2.62. The molecule has 1 saturated heterocycles. The standard InChI is InChI=1S/C9H19NO2/c1-8(6-11)4-3-5-9(2,7-12)10-8/h10-12H,3-7H2,1-2H3. The molecule has 0 radical (unpaired) electrons. The van der Waals surface area contributed by atoms with Crippen LogP contribution in [0, 0.1) is 0 Å². The maximum atomic E-state index is 9.13. The van der Waals surface area contributed by atoms with Crippen molar-refractivity contribution in [2.75, 3.05) is 13.2 Å². The van der Waals surface area contributed by atoms with E-state index in [4.69, 9.17) is 10.2 Å². The Morgan fingerprint density at radius 1 is 1.08 bits per heavy atom. The lowest BCUT2D eigenvalue weighted by Gasteiger charge is -2.44. The summed E-state index contributed by atoms with van der Waals surface area (Å²) >= 11 is 0. The summed E-state index contributed by atoms with van der Waals surface area (Å²) in [7, 11) is 0. The molecular formula is C9H19NO2. The van der Waals surface area contributed by atoms with Crippen molar-refractivity contribution in [1.82, 2.24) is 5.32 Å². The first kappa shape index (κ1) is 9.96. The van der Waals surface area contributed by atoms with Gasteiger partial charge < -0.3 is 15.5 Å². The largest absolute Gasteiger partial charge is 0.394 e. The fourth-order valence-corrected chi connectivity index (χ4v) is 1.96. The minimum Gasteiger partial charge on any atom is -0.394 e. The Hall–Kier alpha value is -0.120. The third kappa shape index (κ3) is 1.97.